The number of nitrogens with one attached hydrogen (secondary N) is 1. The lowest BCUT2D eigenvalue weighted by atomic mass is 9.85. The van der Waals surface area contributed by atoms with Crippen LogP contribution in [0.3, 0.4) is 0 Å². The van der Waals surface area contributed by atoms with Gasteiger partial charge >= 0.3 is 5.97 Å². The van der Waals surface area contributed by atoms with Crippen LogP contribution in [0.4, 0.5) is 0 Å². The summed E-state index contributed by atoms with van der Waals surface area (Å²) in [5.41, 5.74) is 0. The average molecular weight is 240 g/mol. The van der Waals surface area contributed by atoms with E-state index in [9.17, 15) is 9.59 Å². The second kappa shape index (κ2) is 5.04. The first-order valence-corrected chi connectivity index (χ1v) is 6.32. The van der Waals surface area contributed by atoms with Crippen LogP contribution in [0, 0.1) is 17.8 Å². The van der Waals surface area contributed by atoms with E-state index in [1.54, 1.807) is 6.92 Å². The molecule has 2 heterocycles. The second-order valence-electron chi connectivity index (χ2n) is 5.17. The maximum absolute atomic E-state index is 12.1. The molecule has 96 valence electrons. The van der Waals surface area contributed by atoms with Gasteiger partial charge in [-0.15, -0.1) is 0 Å². The van der Waals surface area contributed by atoms with Crippen LogP contribution in [0.1, 0.15) is 19.8 Å². The van der Waals surface area contributed by atoms with Crippen molar-refractivity contribution in [3.05, 3.63) is 0 Å². The zero-order valence-corrected chi connectivity index (χ0v) is 10.2. The van der Waals surface area contributed by atoms with Crippen molar-refractivity contribution in [1.82, 2.24) is 10.2 Å². The van der Waals surface area contributed by atoms with Crippen molar-refractivity contribution in [2.24, 2.45) is 17.8 Å². The fourth-order valence-corrected chi connectivity index (χ4v) is 2.53. The third-order valence-electron chi connectivity index (χ3n) is 3.96. The van der Waals surface area contributed by atoms with Crippen LogP contribution in [0.2, 0.25) is 0 Å². The molecule has 2 aliphatic heterocycles. The largest absolute Gasteiger partial charge is 0.481 e. The minimum atomic E-state index is -0.763. The number of carbonyl (C=O) groups excluding carboxylic acids is 1. The molecular weight excluding hydrogens is 220 g/mol. The van der Waals surface area contributed by atoms with E-state index in [4.69, 9.17) is 5.11 Å². The average Bonchev–Trinajstić information content (AvgIpc) is 2.27. The molecule has 5 heteroatoms. The molecule has 2 N–H and O–H groups in total. The summed E-state index contributed by atoms with van der Waals surface area (Å²) >= 11 is 0. The van der Waals surface area contributed by atoms with Gasteiger partial charge in [0.2, 0.25) is 5.91 Å². The zero-order valence-electron chi connectivity index (χ0n) is 10.2. The number of hydrogen-bond donors (Lipinski definition) is 2. The highest BCUT2D eigenvalue weighted by molar-refractivity contribution is 5.80. The van der Waals surface area contributed by atoms with Crippen molar-refractivity contribution in [1.29, 1.82) is 0 Å². The highest BCUT2D eigenvalue weighted by Gasteiger charge is 2.39. The highest BCUT2D eigenvalue weighted by Crippen LogP contribution is 2.26. The zero-order chi connectivity index (χ0) is 12.4. The Morgan fingerprint density at radius 3 is 2.65 bits per heavy atom. The Kier molecular flexibility index (Phi) is 3.66. The predicted molar refractivity (Wildman–Crippen MR) is 62.5 cm³/mol. The maximum Gasteiger partial charge on any atom is 0.306 e. The number of carboxylic acids is 1. The molecular formula is C12H20N2O3. The third-order valence-corrected chi connectivity index (χ3v) is 3.96. The van der Waals surface area contributed by atoms with Crippen LogP contribution in [-0.2, 0) is 9.59 Å². The SMILES string of the molecule is CC(C(=O)O)C1CN(C(=O)[C@@H]2CCCNC2)C1. The number of nitrogens with zero attached hydrogens (tertiary/aromatic N) is 1. The van der Waals surface area contributed by atoms with Gasteiger partial charge in [-0.25, -0.2) is 0 Å². The third kappa shape index (κ3) is 2.60. The van der Waals surface area contributed by atoms with Gasteiger partial charge in [0.25, 0.3) is 0 Å². The van der Waals surface area contributed by atoms with E-state index < -0.39 is 5.97 Å². The molecule has 2 atom stereocenters. The van der Waals surface area contributed by atoms with Gasteiger partial charge in [0.1, 0.15) is 0 Å². The molecule has 0 aromatic rings. The van der Waals surface area contributed by atoms with Crippen LogP contribution < -0.4 is 5.32 Å². The lowest BCUT2D eigenvalue weighted by Crippen LogP contribution is -2.56. The van der Waals surface area contributed by atoms with E-state index in [-0.39, 0.29) is 23.7 Å². The Balaban J connectivity index is 1.78. The Morgan fingerprint density at radius 2 is 2.12 bits per heavy atom. The van der Waals surface area contributed by atoms with E-state index >= 15 is 0 Å². The predicted octanol–water partition coefficient (Wildman–Crippen LogP) is 0.165. The molecule has 0 saturated carbocycles. The molecule has 0 radical (unpaired) electrons. The van der Waals surface area contributed by atoms with Gasteiger partial charge in [-0.3, -0.25) is 9.59 Å². The first kappa shape index (κ1) is 12.4. The van der Waals surface area contributed by atoms with Crippen molar-refractivity contribution in [2.45, 2.75) is 19.8 Å². The fraction of sp³-hybridized carbons (Fsp3) is 0.833. The Bertz CT molecular complexity index is 307. The van der Waals surface area contributed by atoms with Gasteiger partial charge in [-0.1, -0.05) is 6.92 Å². The van der Waals surface area contributed by atoms with Gasteiger partial charge in [0, 0.05) is 25.6 Å². The van der Waals surface area contributed by atoms with Crippen molar-refractivity contribution >= 4 is 11.9 Å². The Morgan fingerprint density at radius 1 is 1.41 bits per heavy atom. The van der Waals surface area contributed by atoms with Crippen LogP contribution in [0.15, 0.2) is 0 Å². The topological polar surface area (TPSA) is 69.6 Å². The lowest BCUT2D eigenvalue weighted by Gasteiger charge is -2.43. The van der Waals surface area contributed by atoms with Gasteiger partial charge in [0.05, 0.1) is 11.8 Å². The van der Waals surface area contributed by atoms with Crippen LogP contribution in [0.5, 0.6) is 0 Å². The monoisotopic (exact) mass is 240 g/mol. The van der Waals surface area contributed by atoms with E-state index in [1.807, 2.05) is 4.90 Å². The maximum atomic E-state index is 12.1. The van der Waals surface area contributed by atoms with E-state index in [0.29, 0.717) is 13.1 Å². The number of piperidine rings is 1. The number of likely N-dealkylation sites (tertiary alicyclic amines) is 1. The molecule has 1 unspecified atom stereocenters. The number of aliphatic carboxylic acids is 1. The first-order valence-electron chi connectivity index (χ1n) is 6.32. The molecule has 0 aromatic heterocycles. The van der Waals surface area contributed by atoms with Gasteiger partial charge in [0.15, 0.2) is 0 Å². The van der Waals surface area contributed by atoms with Gasteiger partial charge in [-0.05, 0) is 19.4 Å². The van der Waals surface area contributed by atoms with Gasteiger partial charge < -0.3 is 15.3 Å². The Hall–Kier alpha value is -1.10. The molecule has 0 bridgehead atoms. The quantitative estimate of drug-likeness (QED) is 0.737. The summed E-state index contributed by atoms with van der Waals surface area (Å²) in [4.78, 5) is 24.7. The molecule has 1 amide bonds. The standard InChI is InChI=1S/C12H20N2O3/c1-8(12(16)17)10-6-14(7-10)11(15)9-3-2-4-13-5-9/h8-10,13H,2-7H2,1H3,(H,16,17)/t8?,9-/m1/s1. The minimum absolute atomic E-state index is 0.102. The summed E-state index contributed by atoms with van der Waals surface area (Å²) in [6.45, 7) is 4.72. The van der Waals surface area contributed by atoms with Crippen molar-refractivity contribution in [2.75, 3.05) is 26.2 Å². The molecule has 2 fully saturated rings. The highest BCUT2D eigenvalue weighted by atomic mass is 16.4. The smallest absolute Gasteiger partial charge is 0.306 e. The minimum Gasteiger partial charge on any atom is -0.481 e. The van der Waals surface area contributed by atoms with E-state index in [2.05, 4.69) is 5.32 Å². The lowest BCUT2D eigenvalue weighted by molar-refractivity contribution is -0.152. The number of carbonyl (C=O) groups is 2. The summed E-state index contributed by atoms with van der Waals surface area (Å²) in [6.07, 6.45) is 2.01. The molecule has 2 rings (SSSR count). The van der Waals surface area contributed by atoms with Crippen molar-refractivity contribution in [3.63, 3.8) is 0 Å². The van der Waals surface area contributed by atoms with E-state index in [1.165, 1.54) is 0 Å². The first-order chi connectivity index (χ1) is 8.09. The normalized spacial score (nSPS) is 27.4. The summed E-state index contributed by atoms with van der Waals surface area (Å²) in [6, 6.07) is 0. The molecule has 5 nitrogen and oxygen atoms in total. The summed E-state index contributed by atoms with van der Waals surface area (Å²) in [7, 11) is 0. The molecule has 2 aliphatic rings. The molecule has 2 saturated heterocycles. The molecule has 0 spiro atoms. The summed E-state index contributed by atoms with van der Waals surface area (Å²) < 4.78 is 0. The number of hydrogen-bond acceptors (Lipinski definition) is 3. The molecule has 0 aromatic carbocycles. The molecule has 0 aliphatic carbocycles. The number of rotatable bonds is 3. The van der Waals surface area contributed by atoms with Crippen molar-refractivity contribution < 1.29 is 14.7 Å². The second-order valence-corrected chi connectivity index (χ2v) is 5.17. The number of carboxylic acid groups (broad SMARTS) is 1. The van der Waals surface area contributed by atoms with Gasteiger partial charge in [-0.2, -0.15) is 0 Å². The van der Waals surface area contributed by atoms with Crippen LogP contribution >= 0.6 is 0 Å². The van der Waals surface area contributed by atoms with Crippen LogP contribution in [-0.4, -0.2) is 48.1 Å². The van der Waals surface area contributed by atoms with E-state index in [0.717, 1.165) is 25.9 Å². The summed E-state index contributed by atoms with van der Waals surface area (Å²) in [5, 5.41) is 12.1. The number of amides is 1. The van der Waals surface area contributed by atoms with Crippen molar-refractivity contribution in [3.8, 4) is 0 Å². The van der Waals surface area contributed by atoms with Crippen LogP contribution in [0.25, 0.3) is 0 Å². The summed E-state index contributed by atoms with van der Waals surface area (Å²) in [5.74, 6) is -0.672. The fourth-order valence-electron chi connectivity index (χ4n) is 2.53. The molecule has 17 heavy (non-hydrogen) atoms. The Labute approximate surface area is 101 Å².